The Morgan fingerprint density at radius 3 is 1.72 bits per heavy atom. The van der Waals surface area contributed by atoms with Crippen molar-refractivity contribution in [3.8, 4) is 0 Å². The van der Waals surface area contributed by atoms with E-state index in [9.17, 15) is 0 Å². The third kappa shape index (κ3) is 1.68. The lowest BCUT2D eigenvalue weighted by Gasteiger charge is -2.21. The predicted molar refractivity (Wildman–Crippen MR) is 80.7 cm³/mol. The van der Waals surface area contributed by atoms with Gasteiger partial charge in [0.05, 0.1) is 0 Å². The number of aromatic amines is 1. The summed E-state index contributed by atoms with van der Waals surface area (Å²) in [7, 11) is 0. The Balaban J connectivity index is 3.04. The molecule has 0 aliphatic rings. The molecule has 0 bridgehead atoms. The molecule has 0 saturated carbocycles. The van der Waals surface area contributed by atoms with Crippen molar-refractivity contribution in [3.63, 3.8) is 0 Å². The lowest BCUT2D eigenvalue weighted by atomic mass is 9.82. The van der Waals surface area contributed by atoms with Gasteiger partial charge in [0.1, 0.15) is 0 Å². The molecule has 18 heavy (non-hydrogen) atoms. The van der Waals surface area contributed by atoms with Crippen LogP contribution in [0.2, 0.25) is 0 Å². The van der Waals surface area contributed by atoms with E-state index in [4.69, 9.17) is 0 Å². The minimum absolute atomic E-state index is 0.182. The van der Waals surface area contributed by atoms with Crippen molar-refractivity contribution in [1.29, 1.82) is 0 Å². The molecule has 0 fully saturated rings. The molecule has 98 valence electrons. The first-order valence-electron chi connectivity index (χ1n) is 6.75. The molecule has 0 radical (unpaired) electrons. The number of aryl methyl sites for hydroxylation is 3. The van der Waals surface area contributed by atoms with Crippen molar-refractivity contribution < 1.29 is 0 Å². The van der Waals surface area contributed by atoms with E-state index in [1.54, 1.807) is 0 Å². The van der Waals surface area contributed by atoms with E-state index in [0.29, 0.717) is 0 Å². The number of hydrogen-bond donors (Lipinski definition) is 1. The van der Waals surface area contributed by atoms with Crippen molar-refractivity contribution in [2.75, 3.05) is 0 Å². The van der Waals surface area contributed by atoms with Crippen LogP contribution in [0.15, 0.2) is 0 Å². The summed E-state index contributed by atoms with van der Waals surface area (Å²) in [6, 6.07) is 0. The summed E-state index contributed by atoms with van der Waals surface area (Å²) in [4.78, 5) is 3.61. The molecule has 0 unspecified atom stereocenters. The summed E-state index contributed by atoms with van der Waals surface area (Å²) >= 11 is 0. The Hall–Kier alpha value is -1.24. The molecule has 2 aromatic rings. The molecule has 1 aromatic carbocycles. The van der Waals surface area contributed by atoms with Gasteiger partial charge in [-0.15, -0.1) is 0 Å². The lowest BCUT2D eigenvalue weighted by Crippen LogP contribution is -2.12. The molecule has 1 N–H and O–H groups in total. The van der Waals surface area contributed by atoms with E-state index in [0.717, 1.165) is 0 Å². The second-order valence-electron chi connectivity index (χ2n) is 6.62. The summed E-state index contributed by atoms with van der Waals surface area (Å²) in [5.41, 5.74) is 9.98. The fourth-order valence-electron chi connectivity index (χ4n) is 3.16. The number of H-pyrrole nitrogens is 1. The van der Waals surface area contributed by atoms with Crippen LogP contribution in [0.25, 0.3) is 10.9 Å². The number of fused-ring (bicyclic) bond motifs is 1. The minimum Gasteiger partial charge on any atom is -0.358 e. The van der Waals surface area contributed by atoms with Gasteiger partial charge in [0.25, 0.3) is 0 Å². The van der Waals surface area contributed by atoms with E-state index in [-0.39, 0.29) is 5.41 Å². The van der Waals surface area contributed by atoms with Gasteiger partial charge >= 0.3 is 0 Å². The van der Waals surface area contributed by atoms with Crippen LogP contribution in [-0.4, -0.2) is 4.98 Å². The monoisotopic (exact) mass is 243 g/mol. The Morgan fingerprint density at radius 1 is 0.722 bits per heavy atom. The fourth-order valence-corrected chi connectivity index (χ4v) is 3.16. The highest BCUT2D eigenvalue weighted by molar-refractivity contribution is 5.93. The number of benzene rings is 1. The normalized spacial score (nSPS) is 12.4. The molecule has 0 atom stereocenters. The number of nitrogens with one attached hydrogen (secondary N) is 1. The fraction of sp³-hybridized carbons (Fsp3) is 0.529. The number of rotatable bonds is 0. The van der Waals surface area contributed by atoms with Crippen molar-refractivity contribution >= 4 is 10.9 Å². The highest BCUT2D eigenvalue weighted by Gasteiger charge is 2.24. The van der Waals surface area contributed by atoms with Gasteiger partial charge < -0.3 is 4.98 Å². The van der Waals surface area contributed by atoms with Gasteiger partial charge in [-0.05, 0) is 67.9 Å². The third-order valence-electron chi connectivity index (χ3n) is 4.38. The van der Waals surface area contributed by atoms with Crippen LogP contribution in [0.5, 0.6) is 0 Å². The molecule has 0 saturated heterocycles. The lowest BCUT2D eigenvalue weighted by molar-refractivity contribution is 0.591. The van der Waals surface area contributed by atoms with Crippen molar-refractivity contribution in [2.24, 2.45) is 0 Å². The standard InChI is InChI=1S/C17H25N/c1-9-10(2)12(4)16-14(11(9)3)15(13(5)18-16)17(6,7)8/h18H,1-8H3. The topological polar surface area (TPSA) is 15.8 Å². The van der Waals surface area contributed by atoms with E-state index in [2.05, 4.69) is 60.4 Å². The zero-order chi connectivity index (χ0) is 13.8. The number of hydrogen-bond acceptors (Lipinski definition) is 0. The van der Waals surface area contributed by atoms with E-state index in [1.165, 1.54) is 44.4 Å². The average Bonchev–Trinajstić information content (AvgIpc) is 2.61. The van der Waals surface area contributed by atoms with Crippen molar-refractivity contribution in [1.82, 2.24) is 4.98 Å². The predicted octanol–water partition coefficient (Wildman–Crippen LogP) is 5.01. The summed E-state index contributed by atoms with van der Waals surface area (Å²) in [5, 5.41) is 1.44. The van der Waals surface area contributed by atoms with Crippen LogP contribution in [0.1, 0.15) is 54.3 Å². The molecule has 0 amide bonds. The highest BCUT2D eigenvalue weighted by Crippen LogP contribution is 2.38. The maximum atomic E-state index is 3.61. The van der Waals surface area contributed by atoms with E-state index in [1.807, 2.05) is 0 Å². The smallest absolute Gasteiger partial charge is 0.0494 e. The molecule has 0 aliphatic heterocycles. The molecular weight excluding hydrogens is 218 g/mol. The Kier molecular flexibility index (Phi) is 2.84. The Morgan fingerprint density at radius 2 is 1.22 bits per heavy atom. The van der Waals surface area contributed by atoms with Crippen LogP contribution in [0.4, 0.5) is 0 Å². The van der Waals surface area contributed by atoms with Gasteiger partial charge in [-0.1, -0.05) is 20.8 Å². The largest absolute Gasteiger partial charge is 0.358 e. The first-order valence-corrected chi connectivity index (χ1v) is 6.75. The molecule has 0 spiro atoms. The van der Waals surface area contributed by atoms with Gasteiger partial charge in [-0.3, -0.25) is 0 Å². The van der Waals surface area contributed by atoms with Crippen LogP contribution < -0.4 is 0 Å². The highest BCUT2D eigenvalue weighted by atomic mass is 14.7. The van der Waals surface area contributed by atoms with Crippen LogP contribution in [0, 0.1) is 34.6 Å². The third-order valence-corrected chi connectivity index (χ3v) is 4.38. The molecule has 1 nitrogen and oxygen atoms in total. The Bertz CT molecular complexity index is 622. The van der Waals surface area contributed by atoms with Crippen LogP contribution in [-0.2, 0) is 5.41 Å². The van der Waals surface area contributed by atoms with Crippen molar-refractivity contribution in [2.45, 2.75) is 60.8 Å². The quantitative estimate of drug-likeness (QED) is 0.669. The summed E-state index contributed by atoms with van der Waals surface area (Å²) < 4.78 is 0. The van der Waals surface area contributed by atoms with Crippen LogP contribution in [0.3, 0.4) is 0 Å². The van der Waals surface area contributed by atoms with Crippen molar-refractivity contribution in [3.05, 3.63) is 33.5 Å². The van der Waals surface area contributed by atoms with Gasteiger partial charge in [-0.25, -0.2) is 0 Å². The van der Waals surface area contributed by atoms with Gasteiger partial charge in [0.2, 0.25) is 0 Å². The molecule has 1 heteroatoms. The molecular formula is C17H25N. The maximum Gasteiger partial charge on any atom is 0.0494 e. The molecule has 1 aromatic heterocycles. The maximum absolute atomic E-state index is 3.61. The minimum atomic E-state index is 0.182. The van der Waals surface area contributed by atoms with Gasteiger partial charge in [0.15, 0.2) is 0 Å². The molecule has 0 aliphatic carbocycles. The van der Waals surface area contributed by atoms with Gasteiger partial charge in [-0.2, -0.15) is 0 Å². The SMILES string of the molecule is Cc1[nH]c2c(C)c(C)c(C)c(C)c2c1C(C)(C)C. The second kappa shape index (κ2) is 3.88. The zero-order valence-corrected chi connectivity index (χ0v) is 13.0. The first-order chi connectivity index (χ1) is 8.16. The summed E-state index contributed by atoms with van der Waals surface area (Å²) in [5.74, 6) is 0. The van der Waals surface area contributed by atoms with E-state index >= 15 is 0 Å². The second-order valence-corrected chi connectivity index (χ2v) is 6.62. The number of aromatic nitrogens is 1. The zero-order valence-electron chi connectivity index (χ0n) is 13.0. The molecule has 2 rings (SSSR count). The van der Waals surface area contributed by atoms with E-state index < -0.39 is 0 Å². The van der Waals surface area contributed by atoms with Gasteiger partial charge in [0, 0.05) is 16.6 Å². The van der Waals surface area contributed by atoms with Crippen LogP contribution >= 0.6 is 0 Å². The first kappa shape index (κ1) is 13.2. The average molecular weight is 243 g/mol. The molecule has 1 heterocycles. The Labute approximate surface area is 111 Å². The summed E-state index contributed by atoms with van der Waals surface area (Å²) in [6.07, 6.45) is 0. The summed E-state index contributed by atoms with van der Waals surface area (Å²) in [6.45, 7) is 18.0.